The SMILES string of the molecule is CCC(C)(O)C1(C#N)CCS(=O)(=O)C1. The Morgan fingerprint density at radius 3 is 2.50 bits per heavy atom. The van der Waals surface area contributed by atoms with E-state index in [-0.39, 0.29) is 17.9 Å². The third kappa shape index (κ3) is 1.64. The first-order valence-electron chi connectivity index (χ1n) is 4.63. The predicted octanol–water partition coefficient (Wildman–Crippen LogP) is 0.476. The largest absolute Gasteiger partial charge is 0.388 e. The van der Waals surface area contributed by atoms with Crippen LogP contribution in [0.2, 0.25) is 0 Å². The van der Waals surface area contributed by atoms with Crippen LogP contribution in [0.4, 0.5) is 0 Å². The molecule has 4 nitrogen and oxygen atoms in total. The first-order valence-corrected chi connectivity index (χ1v) is 6.45. The molecule has 0 aliphatic carbocycles. The van der Waals surface area contributed by atoms with Gasteiger partial charge in [0.25, 0.3) is 0 Å². The van der Waals surface area contributed by atoms with Gasteiger partial charge in [-0.05, 0) is 19.8 Å². The number of nitriles is 1. The van der Waals surface area contributed by atoms with Crippen LogP contribution in [0.1, 0.15) is 26.7 Å². The van der Waals surface area contributed by atoms with Crippen molar-refractivity contribution in [3.63, 3.8) is 0 Å². The van der Waals surface area contributed by atoms with Crippen LogP contribution in [0.25, 0.3) is 0 Å². The van der Waals surface area contributed by atoms with Crippen molar-refractivity contribution in [2.45, 2.75) is 32.3 Å². The van der Waals surface area contributed by atoms with E-state index in [0.717, 1.165) is 0 Å². The molecular formula is C9H15NO3S. The second-order valence-corrected chi connectivity index (χ2v) is 6.35. The van der Waals surface area contributed by atoms with Crippen LogP contribution in [-0.2, 0) is 9.84 Å². The Morgan fingerprint density at radius 2 is 2.21 bits per heavy atom. The van der Waals surface area contributed by atoms with E-state index in [1.807, 2.05) is 6.07 Å². The zero-order valence-corrected chi connectivity index (χ0v) is 9.26. The van der Waals surface area contributed by atoms with Gasteiger partial charge in [-0.25, -0.2) is 8.42 Å². The van der Waals surface area contributed by atoms with Gasteiger partial charge in [0.15, 0.2) is 9.84 Å². The van der Waals surface area contributed by atoms with Gasteiger partial charge in [0.2, 0.25) is 0 Å². The highest BCUT2D eigenvalue weighted by atomic mass is 32.2. The van der Waals surface area contributed by atoms with E-state index in [1.54, 1.807) is 6.92 Å². The highest BCUT2D eigenvalue weighted by Crippen LogP contribution is 2.42. The fourth-order valence-electron chi connectivity index (χ4n) is 1.82. The number of hydrogen-bond acceptors (Lipinski definition) is 4. The first kappa shape index (κ1) is 11.5. The zero-order chi connectivity index (χ0) is 11.0. The number of hydrogen-bond donors (Lipinski definition) is 1. The van der Waals surface area contributed by atoms with Gasteiger partial charge in [0, 0.05) is 0 Å². The number of rotatable bonds is 2. The van der Waals surface area contributed by atoms with Crippen molar-refractivity contribution in [1.29, 1.82) is 5.26 Å². The van der Waals surface area contributed by atoms with Crippen molar-refractivity contribution in [1.82, 2.24) is 0 Å². The molecular weight excluding hydrogens is 202 g/mol. The van der Waals surface area contributed by atoms with E-state index in [4.69, 9.17) is 5.26 Å². The minimum Gasteiger partial charge on any atom is -0.388 e. The molecule has 1 rings (SSSR count). The Hall–Kier alpha value is -0.600. The van der Waals surface area contributed by atoms with Crippen LogP contribution in [0.3, 0.4) is 0 Å². The van der Waals surface area contributed by atoms with E-state index >= 15 is 0 Å². The summed E-state index contributed by atoms with van der Waals surface area (Å²) < 4.78 is 22.6. The average Bonchev–Trinajstić information content (AvgIpc) is 2.43. The lowest BCUT2D eigenvalue weighted by atomic mass is 9.72. The van der Waals surface area contributed by atoms with Crippen LogP contribution >= 0.6 is 0 Å². The van der Waals surface area contributed by atoms with E-state index in [9.17, 15) is 13.5 Å². The zero-order valence-electron chi connectivity index (χ0n) is 8.45. The molecule has 0 aromatic heterocycles. The van der Waals surface area contributed by atoms with Gasteiger partial charge in [-0.15, -0.1) is 0 Å². The summed E-state index contributed by atoms with van der Waals surface area (Å²) in [4.78, 5) is 0. The molecule has 1 aliphatic heterocycles. The van der Waals surface area contributed by atoms with Crippen LogP contribution in [-0.4, -0.2) is 30.6 Å². The van der Waals surface area contributed by atoms with Gasteiger partial charge in [-0.1, -0.05) is 6.92 Å². The molecule has 14 heavy (non-hydrogen) atoms. The molecule has 0 radical (unpaired) electrons. The van der Waals surface area contributed by atoms with Gasteiger partial charge in [-0.3, -0.25) is 0 Å². The molecule has 1 N–H and O–H groups in total. The van der Waals surface area contributed by atoms with Crippen LogP contribution in [0, 0.1) is 16.7 Å². The number of sulfone groups is 1. The van der Waals surface area contributed by atoms with Crippen molar-refractivity contribution < 1.29 is 13.5 Å². The van der Waals surface area contributed by atoms with Gasteiger partial charge < -0.3 is 5.11 Å². The van der Waals surface area contributed by atoms with E-state index in [2.05, 4.69) is 0 Å². The Bertz CT molecular complexity index is 366. The summed E-state index contributed by atoms with van der Waals surface area (Å²) in [7, 11) is -3.14. The molecule has 1 aliphatic rings. The van der Waals surface area contributed by atoms with E-state index in [1.165, 1.54) is 6.92 Å². The van der Waals surface area contributed by atoms with Crippen LogP contribution in [0.5, 0.6) is 0 Å². The quantitative estimate of drug-likeness (QED) is 0.729. The molecule has 2 unspecified atom stereocenters. The molecule has 2 atom stereocenters. The molecule has 0 amide bonds. The summed E-state index contributed by atoms with van der Waals surface area (Å²) in [6.45, 7) is 3.29. The Labute approximate surface area is 84.5 Å². The lowest BCUT2D eigenvalue weighted by Crippen LogP contribution is -2.45. The summed E-state index contributed by atoms with van der Waals surface area (Å²) in [6.07, 6.45) is 0.628. The molecule has 80 valence electrons. The second-order valence-electron chi connectivity index (χ2n) is 4.16. The van der Waals surface area contributed by atoms with Crippen molar-refractivity contribution in [3.05, 3.63) is 0 Å². The summed E-state index contributed by atoms with van der Waals surface area (Å²) in [5.74, 6) is -0.200. The summed E-state index contributed by atoms with van der Waals surface area (Å²) in [5, 5.41) is 19.1. The summed E-state index contributed by atoms with van der Waals surface area (Å²) in [6, 6.07) is 2.00. The fourth-order valence-corrected chi connectivity index (χ4v) is 3.90. The van der Waals surface area contributed by atoms with Crippen LogP contribution < -0.4 is 0 Å². The smallest absolute Gasteiger partial charge is 0.152 e. The highest BCUT2D eigenvalue weighted by molar-refractivity contribution is 7.91. The molecule has 5 heteroatoms. The Balaban J connectivity index is 3.10. The van der Waals surface area contributed by atoms with Gasteiger partial charge >= 0.3 is 0 Å². The number of nitrogens with zero attached hydrogens (tertiary/aromatic N) is 1. The third-order valence-corrected chi connectivity index (χ3v) is 5.00. The maximum absolute atomic E-state index is 11.3. The van der Waals surface area contributed by atoms with Crippen molar-refractivity contribution >= 4 is 9.84 Å². The lowest BCUT2D eigenvalue weighted by Gasteiger charge is -2.35. The minimum atomic E-state index is -3.14. The molecule has 0 spiro atoms. The summed E-state index contributed by atoms with van der Waals surface area (Å²) >= 11 is 0. The topological polar surface area (TPSA) is 78.2 Å². The normalized spacial score (nSPS) is 34.7. The van der Waals surface area contributed by atoms with Gasteiger partial charge in [0.1, 0.15) is 5.41 Å². The van der Waals surface area contributed by atoms with Gasteiger partial charge in [0.05, 0.1) is 23.2 Å². The van der Waals surface area contributed by atoms with E-state index in [0.29, 0.717) is 6.42 Å². The molecule has 1 saturated heterocycles. The maximum atomic E-state index is 11.3. The fraction of sp³-hybridized carbons (Fsp3) is 0.889. The first-order chi connectivity index (χ1) is 6.29. The van der Waals surface area contributed by atoms with Gasteiger partial charge in [-0.2, -0.15) is 5.26 Å². The number of aliphatic hydroxyl groups is 1. The Morgan fingerprint density at radius 1 is 1.64 bits per heavy atom. The predicted molar refractivity (Wildman–Crippen MR) is 52.2 cm³/mol. The molecule has 0 aromatic rings. The maximum Gasteiger partial charge on any atom is 0.152 e. The van der Waals surface area contributed by atoms with Crippen LogP contribution in [0.15, 0.2) is 0 Å². The molecule has 0 aromatic carbocycles. The van der Waals surface area contributed by atoms with Crippen molar-refractivity contribution in [3.8, 4) is 6.07 Å². The highest BCUT2D eigenvalue weighted by Gasteiger charge is 2.53. The molecule has 0 saturated carbocycles. The lowest BCUT2D eigenvalue weighted by molar-refractivity contribution is -0.0298. The second kappa shape index (κ2) is 3.21. The Kier molecular flexibility index (Phi) is 2.63. The summed E-state index contributed by atoms with van der Waals surface area (Å²) in [5.41, 5.74) is -2.33. The molecule has 0 bridgehead atoms. The average molecular weight is 217 g/mol. The third-order valence-electron chi connectivity index (χ3n) is 3.24. The van der Waals surface area contributed by atoms with Crippen molar-refractivity contribution in [2.75, 3.05) is 11.5 Å². The molecule has 1 fully saturated rings. The standard InChI is InChI=1S/C9H15NO3S/c1-3-8(2,11)9(6-10)4-5-14(12,13)7-9/h11H,3-5,7H2,1-2H3. The minimum absolute atomic E-state index is 0.0106. The monoisotopic (exact) mass is 217 g/mol. The van der Waals surface area contributed by atoms with Crippen molar-refractivity contribution in [2.24, 2.45) is 5.41 Å². The molecule has 1 heterocycles. The van der Waals surface area contributed by atoms with E-state index < -0.39 is 20.9 Å².